The van der Waals surface area contributed by atoms with E-state index < -0.39 is 27.6 Å². The van der Waals surface area contributed by atoms with Crippen LogP contribution in [0.2, 0.25) is 0 Å². The molecule has 1 aliphatic heterocycles. The zero-order valence-corrected chi connectivity index (χ0v) is 23.3. The van der Waals surface area contributed by atoms with Gasteiger partial charge in [0.05, 0.1) is 52.2 Å². The van der Waals surface area contributed by atoms with Gasteiger partial charge in [0.25, 0.3) is 5.91 Å². The monoisotopic (exact) mass is 573 g/mol. The molecular formula is C25H31N7O5S2. The van der Waals surface area contributed by atoms with Crippen molar-refractivity contribution in [3.05, 3.63) is 47.6 Å². The van der Waals surface area contributed by atoms with Crippen LogP contribution in [0, 0.1) is 0 Å². The number of thiazole rings is 1. The highest BCUT2D eigenvalue weighted by Crippen LogP contribution is 2.31. The molecule has 1 saturated heterocycles. The van der Waals surface area contributed by atoms with Gasteiger partial charge in [-0.25, -0.2) is 18.4 Å². The van der Waals surface area contributed by atoms with E-state index in [0.29, 0.717) is 73.3 Å². The molecule has 3 N–H and O–H groups in total. The third-order valence-electron chi connectivity index (χ3n) is 6.50. The van der Waals surface area contributed by atoms with E-state index in [1.165, 1.54) is 23.7 Å². The third-order valence-corrected chi connectivity index (χ3v) is 9.38. The average molecular weight is 574 g/mol. The number of nitrogens with zero attached hydrogens (tertiary/aromatic N) is 5. The molecule has 208 valence electrons. The summed E-state index contributed by atoms with van der Waals surface area (Å²) in [5.41, 5.74) is 0.623. The molecule has 2 aliphatic rings. The summed E-state index contributed by atoms with van der Waals surface area (Å²) in [6.07, 6.45) is 8.10. The molecule has 14 heteroatoms. The molecule has 3 aromatic heterocycles. The Labute approximate surface area is 230 Å². The second-order valence-electron chi connectivity index (χ2n) is 10.0. The summed E-state index contributed by atoms with van der Waals surface area (Å²) in [7, 11) is -3.45. The number of anilines is 1. The van der Waals surface area contributed by atoms with Gasteiger partial charge in [-0.1, -0.05) is 0 Å². The van der Waals surface area contributed by atoms with Crippen LogP contribution in [0.3, 0.4) is 0 Å². The Balaban J connectivity index is 1.36. The van der Waals surface area contributed by atoms with Gasteiger partial charge in [0.15, 0.2) is 5.01 Å². The van der Waals surface area contributed by atoms with Crippen LogP contribution in [-0.2, 0) is 10.0 Å². The minimum absolute atomic E-state index is 0.234. The van der Waals surface area contributed by atoms with Crippen molar-refractivity contribution in [2.24, 2.45) is 0 Å². The molecule has 1 amide bonds. The first kappa shape index (κ1) is 27.4. The normalized spacial score (nSPS) is 20.5. The standard InChI is InChI=1S/C25H31N7O5S2/c1-3-37-22-13-26-11-19(29-22)21-12-28-24(38-21)23(33)30-20(14-32-9-7-25(2,34)15-32)18-10-16(6-8-27-18)31-39(35,36)17-4-5-17/h6,8,10-13,17,20,34H,3-5,7,9,14-15H2,1-2H3,(H,27,31)(H,30,33)/t20-,25+/m1/s1. The second-order valence-corrected chi connectivity index (χ2v) is 13.0. The van der Waals surface area contributed by atoms with Gasteiger partial charge in [0.2, 0.25) is 15.9 Å². The summed E-state index contributed by atoms with van der Waals surface area (Å²) in [6.45, 7) is 5.59. The maximum absolute atomic E-state index is 13.3. The van der Waals surface area contributed by atoms with Gasteiger partial charge in [0.1, 0.15) is 5.69 Å². The fourth-order valence-electron chi connectivity index (χ4n) is 4.40. The highest BCUT2D eigenvalue weighted by atomic mass is 32.2. The van der Waals surface area contributed by atoms with Crippen LogP contribution < -0.4 is 14.8 Å². The Morgan fingerprint density at radius 3 is 2.85 bits per heavy atom. The number of amides is 1. The molecule has 2 fully saturated rings. The largest absolute Gasteiger partial charge is 0.477 e. The van der Waals surface area contributed by atoms with Gasteiger partial charge in [-0.3, -0.25) is 24.4 Å². The number of rotatable bonds is 11. The molecule has 0 bridgehead atoms. The number of hydrogen-bond acceptors (Lipinski definition) is 11. The van der Waals surface area contributed by atoms with Crippen LogP contribution >= 0.6 is 11.3 Å². The molecule has 0 spiro atoms. The van der Waals surface area contributed by atoms with E-state index in [1.54, 1.807) is 31.5 Å². The molecule has 39 heavy (non-hydrogen) atoms. The molecule has 2 atom stereocenters. The van der Waals surface area contributed by atoms with Crippen molar-refractivity contribution in [2.45, 2.75) is 50.0 Å². The molecular weight excluding hydrogens is 542 g/mol. The van der Waals surface area contributed by atoms with Gasteiger partial charge >= 0.3 is 0 Å². The number of likely N-dealkylation sites (tertiary alicyclic amines) is 1. The van der Waals surface area contributed by atoms with Crippen molar-refractivity contribution in [3.8, 4) is 16.5 Å². The number of nitrogens with one attached hydrogen (secondary N) is 2. The van der Waals surface area contributed by atoms with Crippen molar-refractivity contribution in [1.82, 2.24) is 30.2 Å². The van der Waals surface area contributed by atoms with E-state index in [1.807, 2.05) is 6.92 Å². The third kappa shape index (κ3) is 6.87. The number of pyridine rings is 1. The first-order valence-corrected chi connectivity index (χ1v) is 15.1. The number of β-amino-alcohol motifs (C(OH)–C–C–N with tert-alkyl or cyclic N) is 1. The van der Waals surface area contributed by atoms with Crippen LogP contribution in [0.4, 0.5) is 5.69 Å². The smallest absolute Gasteiger partial charge is 0.280 e. The van der Waals surface area contributed by atoms with E-state index in [4.69, 9.17) is 4.74 Å². The zero-order valence-electron chi connectivity index (χ0n) is 21.7. The highest BCUT2D eigenvalue weighted by Gasteiger charge is 2.36. The summed E-state index contributed by atoms with van der Waals surface area (Å²) in [6, 6.07) is 2.65. The van der Waals surface area contributed by atoms with Crippen LogP contribution in [0.1, 0.15) is 54.6 Å². The fraction of sp³-hybridized carbons (Fsp3) is 0.480. The summed E-state index contributed by atoms with van der Waals surface area (Å²) in [5.74, 6) is -0.0129. The summed E-state index contributed by atoms with van der Waals surface area (Å²) >= 11 is 1.17. The van der Waals surface area contributed by atoms with Crippen molar-refractivity contribution in [3.63, 3.8) is 0 Å². The van der Waals surface area contributed by atoms with Gasteiger partial charge < -0.3 is 15.2 Å². The number of ether oxygens (including phenoxy) is 1. The summed E-state index contributed by atoms with van der Waals surface area (Å²) in [4.78, 5) is 33.3. The number of sulfonamides is 1. The summed E-state index contributed by atoms with van der Waals surface area (Å²) < 4.78 is 33.0. The van der Waals surface area contributed by atoms with Crippen LogP contribution in [-0.4, -0.2) is 81.4 Å². The molecule has 0 unspecified atom stereocenters. The number of aromatic nitrogens is 4. The van der Waals surface area contributed by atoms with Gasteiger partial charge in [-0.05, 0) is 45.2 Å². The van der Waals surface area contributed by atoms with E-state index in [0.717, 1.165) is 0 Å². The lowest BCUT2D eigenvalue weighted by Gasteiger charge is -2.25. The molecule has 5 rings (SSSR count). The van der Waals surface area contributed by atoms with Crippen molar-refractivity contribution in [1.29, 1.82) is 0 Å². The maximum atomic E-state index is 13.3. The number of aliphatic hydroxyl groups is 1. The highest BCUT2D eigenvalue weighted by molar-refractivity contribution is 7.93. The number of carbonyl (C=O) groups excluding carboxylic acids is 1. The van der Waals surface area contributed by atoms with Crippen LogP contribution in [0.25, 0.3) is 10.6 Å². The van der Waals surface area contributed by atoms with E-state index in [9.17, 15) is 18.3 Å². The first-order valence-electron chi connectivity index (χ1n) is 12.8. The van der Waals surface area contributed by atoms with E-state index >= 15 is 0 Å². The number of carbonyl (C=O) groups is 1. The Hall–Kier alpha value is -3.20. The Morgan fingerprint density at radius 2 is 2.13 bits per heavy atom. The Morgan fingerprint density at radius 1 is 1.31 bits per heavy atom. The van der Waals surface area contributed by atoms with Gasteiger partial charge in [-0.2, -0.15) is 0 Å². The number of hydrogen-bond donors (Lipinski definition) is 3. The minimum Gasteiger partial charge on any atom is -0.477 e. The quantitative estimate of drug-likeness (QED) is 0.310. The molecule has 3 aromatic rings. The lowest BCUT2D eigenvalue weighted by atomic mass is 10.1. The lowest BCUT2D eigenvalue weighted by Crippen LogP contribution is -2.39. The van der Waals surface area contributed by atoms with Crippen LogP contribution in [0.15, 0.2) is 36.9 Å². The van der Waals surface area contributed by atoms with Crippen LogP contribution in [0.5, 0.6) is 5.88 Å². The maximum Gasteiger partial charge on any atom is 0.280 e. The van der Waals surface area contributed by atoms with Crippen molar-refractivity contribution < 1.29 is 23.1 Å². The summed E-state index contributed by atoms with van der Waals surface area (Å²) in [5, 5.41) is 13.3. The predicted molar refractivity (Wildman–Crippen MR) is 146 cm³/mol. The molecule has 0 radical (unpaired) electrons. The van der Waals surface area contributed by atoms with Gasteiger partial charge in [-0.15, -0.1) is 11.3 Å². The fourth-order valence-corrected chi connectivity index (χ4v) is 6.55. The first-order chi connectivity index (χ1) is 18.6. The molecule has 12 nitrogen and oxygen atoms in total. The lowest BCUT2D eigenvalue weighted by molar-refractivity contribution is 0.0671. The topological polar surface area (TPSA) is 160 Å². The predicted octanol–water partition coefficient (Wildman–Crippen LogP) is 2.23. The molecule has 4 heterocycles. The SMILES string of the molecule is CCOc1cncc(-c2cnc(C(=O)N[C@H](CN3CC[C@](C)(O)C3)c3cc(NS(=O)(=O)C4CC4)ccn3)s2)n1. The molecule has 0 aromatic carbocycles. The average Bonchev–Trinajstić information content (AvgIpc) is 3.55. The molecule has 1 saturated carbocycles. The Bertz CT molecular complexity index is 1440. The second kappa shape index (κ2) is 11.1. The van der Waals surface area contributed by atoms with Crippen molar-refractivity contribution >= 4 is 33.0 Å². The van der Waals surface area contributed by atoms with E-state index in [-0.39, 0.29) is 10.3 Å². The zero-order chi connectivity index (χ0) is 27.6. The van der Waals surface area contributed by atoms with Crippen molar-refractivity contribution in [2.75, 3.05) is 31.0 Å². The van der Waals surface area contributed by atoms with Gasteiger partial charge in [0, 0.05) is 32.0 Å². The molecule has 1 aliphatic carbocycles. The van der Waals surface area contributed by atoms with E-state index in [2.05, 4.69) is 34.9 Å². The minimum atomic E-state index is -3.45. The Kier molecular flexibility index (Phi) is 7.80.